The molecule has 0 fully saturated rings. The summed E-state index contributed by atoms with van der Waals surface area (Å²) in [6.07, 6.45) is 3.61. The van der Waals surface area contributed by atoms with Gasteiger partial charge in [-0.15, -0.1) is 0 Å². The Hall–Kier alpha value is -0.730. The Bertz CT molecular complexity index is 328. The molecule has 0 radical (unpaired) electrons. The van der Waals surface area contributed by atoms with Crippen LogP contribution in [0.3, 0.4) is 0 Å². The van der Waals surface area contributed by atoms with Gasteiger partial charge >= 0.3 is 0 Å². The van der Waals surface area contributed by atoms with Gasteiger partial charge in [0.15, 0.2) is 0 Å². The highest BCUT2D eigenvalue weighted by Crippen LogP contribution is 2.21. The molecular formula is C13H20ClNO. The Balaban J connectivity index is 2.44. The molecule has 2 N–H and O–H groups in total. The number of benzene rings is 1. The topological polar surface area (TPSA) is 32.3 Å². The normalized spacial score (nSPS) is 12.7. The van der Waals surface area contributed by atoms with Gasteiger partial charge in [0.25, 0.3) is 0 Å². The van der Waals surface area contributed by atoms with Gasteiger partial charge in [-0.1, -0.05) is 31.4 Å². The highest BCUT2D eigenvalue weighted by Gasteiger charge is 2.04. The predicted molar refractivity (Wildman–Crippen MR) is 68.9 cm³/mol. The van der Waals surface area contributed by atoms with Crippen LogP contribution >= 0.6 is 11.6 Å². The molecule has 1 unspecified atom stereocenters. The first-order valence-corrected chi connectivity index (χ1v) is 6.22. The van der Waals surface area contributed by atoms with Gasteiger partial charge in [-0.3, -0.25) is 0 Å². The fraction of sp³-hybridized carbons (Fsp3) is 0.538. The van der Waals surface area contributed by atoms with Gasteiger partial charge in [-0.05, 0) is 31.5 Å². The fourth-order valence-electron chi connectivity index (χ4n) is 1.59. The van der Waals surface area contributed by atoms with Crippen molar-refractivity contribution in [2.75, 3.05) is 0 Å². The smallest absolute Gasteiger partial charge is 0.120 e. The number of hydrogen-bond donors (Lipinski definition) is 2. The lowest BCUT2D eigenvalue weighted by Gasteiger charge is -2.14. The van der Waals surface area contributed by atoms with Gasteiger partial charge in [-0.2, -0.15) is 0 Å². The van der Waals surface area contributed by atoms with Crippen LogP contribution in [0.2, 0.25) is 5.02 Å². The third-order valence-corrected chi connectivity index (χ3v) is 2.91. The molecule has 0 spiro atoms. The van der Waals surface area contributed by atoms with Crippen LogP contribution in [0.1, 0.15) is 38.7 Å². The monoisotopic (exact) mass is 241 g/mol. The fourth-order valence-corrected chi connectivity index (χ4v) is 1.79. The van der Waals surface area contributed by atoms with E-state index in [4.69, 9.17) is 11.6 Å². The van der Waals surface area contributed by atoms with Gasteiger partial charge in [0.2, 0.25) is 0 Å². The SMILES string of the molecule is CCCCC(C)NCc1cc(Cl)ccc1O. The van der Waals surface area contributed by atoms with Crippen LogP contribution in [-0.2, 0) is 6.54 Å². The third-order valence-electron chi connectivity index (χ3n) is 2.67. The molecule has 2 nitrogen and oxygen atoms in total. The lowest BCUT2D eigenvalue weighted by atomic mass is 10.1. The Morgan fingerprint density at radius 1 is 1.44 bits per heavy atom. The Morgan fingerprint density at radius 3 is 2.88 bits per heavy atom. The minimum Gasteiger partial charge on any atom is -0.508 e. The van der Waals surface area contributed by atoms with E-state index in [-0.39, 0.29) is 0 Å². The van der Waals surface area contributed by atoms with Crippen molar-refractivity contribution in [3.8, 4) is 5.75 Å². The second kappa shape index (κ2) is 6.77. The quantitative estimate of drug-likeness (QED) is 0.796. The van der Waals surface area contributed by atoms with Crippen LogP contribution in [-0.4, -0.2) is 11.1 Å². The van der Waals surface area contributed by atoms with Crippen molar-refractivity contribution in [3.63, 3.8) is 0 Å². The van der Waals surface area contributed by atoms with Crippen molar-refractivity contribution in [1.29, 1.82) is 0 Å². The summed E-state index contributed by atoms with van der Waals surface area (Å²) in [5, 5.41) is 13.7. The Kier molecular flexibility index (Phi) is 5.64. The van der Waals surface area contributed by atoms with E-state index >= 15 is 0 Å². The largest absolute Gasteiger partial charge is 0.508 e. The maximum absolute atomic E-state index is 9.63. The minimum atomic E-state index is 0.305. The molecule has 90 valence electrons. The summed E-state index contributed by atoms with van der Waals surface area (Å²) >= 11 is 5.88. The molecule has 16 heavy (non-hydrogen) atoms. The van der Waals surface area contributed by atoms with Crippen LogP contribution in [0.5, 0.6) is 5.75 Å². The number of hydrogen-bond acceptors (Lipinski definition) is 2. The zero-order chi connectivity index (χ0) is 12.0. The maximum Gasteiger partial charge on any atom is 0.120 e. The molecule has 0 aliphatic carbocycles. The molecule has 1 aromatic rings. The number of aromatic hydroxyl groups is 1. The summed E-state index contributed by atoms with van der Waals surface area (Å²) < 4.78 is 0. The molecule has 3 heteroatoms. The average molecular weight is 242 g/mol. The number of rotatable bonds is 6. The summed E-state index contributed by atoms with van der Waals surface area (Å²) in [5.74, 6) is 0.305. The van der Waals surface area contributed by atoms with Gasteiger partial charge in [0.05, 0.1) is 0 Å². The Morgan fingerprint density at radius 2 is 2.19 bits per heavy atom. The molecule has 0 heterocycles. The van der Waals surface area contributed by atoms with E-state index < -0.39 is 0 Å². The van der Waals surface area contributed by atoms with E-state index in [1.54, 1.807) is 18.2 Å². The van der Waals surface area contributed by atoms with Crippen molar-refractivity contribution < 1.29 is 5.11 Å². The van der Waals surface area contributed by atoms with Crippen LogP contribution in [0.15, 0.2) is 18.2 Å². The van der Waals surface area contributed by atoms with Crippen LogP contribution in [0.4, 0.5) is 0 Å². The molecule has 0 amide bonds. The van der Waals surface area contributed by atoms with Crippen LogP contribution in [0, 0.1) is 0 Å². The van der Waals surface area contributed by atoms with Crippen molar-refractivity contribution in [3.05, 3.63) is 28.8 Å². The van der Waals surface area contributed by atoms with E-state index in [1.807, 2.05) is 0 Å². The first-order chi connectivity index (χ1) is 7.63. The molecule has 0 bridgehead atoms. The zero-order valence-corrected chi connectivity index (χ0v) is 10.7. The zero-order valence-electron chi connectivity index (χ0n) is 9.96. The van der Waals surface area contributed by atoms with Crippen molar-refractivity contribution in [1.82, 2.24) is 5.32 Å². The molecule has 0 aliphatic heterocycles. The van der Waals surface area contributed by atoms with Crippen molar-refractivity contribution in [2.24, 2.45) is 0 Å². The Labute approximate surface area is 103 Å². The average Bonchev–Trinajstić information content (AvgIpc) is 2.27. The van der Waals surface area contributed by atoms with Gasteiger partial charge < -0.3 is 10.4 Å². The molecule has 1 aromatic carbocycles. The minimum absolute atomic E-state index is 0.305. The summed E-state index contributed by atoms with van der Waals surface area (Å²) in [7, 11) is 0. The van der Waals surface area contributed by atoms with E-state index in [0.29, 0.717) is 23.4 Å². The molecule has 0 saturated carbocycles. The first kappa shape index (κ1) is 13.3. The summed E-state index contributed by atoms with van der Waals surface area (Å²) in [4.78, 5) is 0. The van der Waals surface area contributed by atoms with Gasteiger partial charge in [0, 0.05) is 23.2 Å². The summed E-state index contributed by atoms with van der Waals surface area (Å²) in [5.41, 5.74) is 0.857. The molecular weight excluding hydrogens is 222 g/mol. The maximum atomic E-state index is 9.63. The number of unbranched alkanes of at least 4 members (excludes halogenated alkanes) is 1. The van der Waals surface area contributed by atoms with E-state index in [0.717, 1.165) is 12.0 Å². The number of nitrogens with one attached hydrogen (secondary N) is 1. The number of phenols is 1. The van der Waals surface area contributed by atoms with Crippen molar-refractivity contribution >= 4 is 11.6 Å². The summed E-state index contributed by atoms with van der Waals surface area (Å²) in [6, 6.07) is 5.60. The standard InChI is InChI=1S/C13H20ClNO/c1-3-4-5-10(2)15-9-11-8-12(14)6-7-13(11)16/h6-8,10,15-16H,3-5,9H2,1-2H3. The third kappa shape index (κ3) is 4.42. The van der Waals surface area contributed by atoms with E-state index in [1.165, 1.54) is 12.8 Å². The summed E-state index contributed by atoms with van der Waals surface area (Å²) in [6.45, 7) is 5.02. The molecule has 0 saturated heterocycles. The molecule has 1 atom stereocenters. The first-order valence-electron chi connectivity index (χ1n) is 5.84. The lowest BCUT2D eigenvalue weighted by molar-refractivity contribution is 0.452. The second-order valence-corrected chi connectivity index (χ2v) is 4.63. The van der Waals surface area contributed by atoms with Crippen LogP contribution in [0.25, 0.3) is 0 Å². The molecule has 0 aliphatic rings. The highest BCUT2D eigenvalue weighted by molar-refractivity contribution is 6.30. The number of halogens is 1. The number of phenolic OH excluding ortho intramolecular Hbond substituents is 1. The van der Waals surface area contributed by atoms with E-state index in [2.05, 4.69) is 19.2 Å². The van der Waals surface area contributed by atoms with Crippen molar-refractivity contribution in [2.45, 2.75) is 45.7 Å². The second-order valence-electron chi connectivity index (χ2n) is 4.20. The van der Waals surface area contributed by atoms with Gasteiger partial charge in [0.1, 0.15) is 5.75 Å². The molecule has 0 aromatic heterocycles. The highest BCUT2D eigenvalue weighted by atomic mass is 35.5. The van der Waals surface area contributed by atoms with Crippen LogP contribution < -0.4 is 5.32 Å². The van der Waals surface area contributed by atoms with Gasteiger partial charge in [-0.25, -0.2) is 0 Å². The molecule has 1 rings (SSSR count). The predicted octanol–water partition coefficient (Wildman–Crippen LogP) is 3.71. The lowest BCUT2D eigenvalue weighted by Crippen LogP contribution is -2.25. The van der Waals surface area contributed by atoms with E-state index in [9.17, 15) is 5.11 Å².